The van der Waals surface area contributed by atoms with Crippen LogP contribution in [0.4, 0.5) is 0 Å². The van der Waals surface area contributed by atoms with Crippen LogP contribution in [0.2, 0.25) is 0 Å². The van der Waals surface area contributed by atoms with Crippen molar-refractivity contribution in [2.24, 2.45) is 5.92 Å². The number of carbonyl (C=O) groups excluding carboxylic acids is 2. The van der Waals surface area contributed by atoms with E-state index in [1.54, 1.807) is 12.1 Å². The minimum absolute atomic E-state index is 0.0347. The zero-order chi connectivity index (χ0) is 27.7. The van der Waals surface area contributed by atoms with Crippen LogP contribution >= 0.6 is 0 Å². The van der Waals surface area contributed by atoms with Crippen molar-refractivity contribution < 1.29 is 32.2 Å². The molecule has 0 bridgehead atoms. The molecule has 1 fully saturated rings. The zero-order valence-electron chi connectivity index (χ0n) is 22.5. The van der Waals surface area contributed by atoms with E-state index in [0.29, 0.717) is 12.4 Å². The summed E-state index contributed by atoms with van der Waals surface area (Å²) in [5.41, 5.74) is 0.941. The Morgan fingerprint density at radius 1 is 1.08 bits per heavy atom. The molecular weight excluding hydrogens is 508 g/mol. The summed E-state index contributed by atoms with van der Waals surface area (Å²) in [6, 6.07) is 14.0. The summed E-state index contributed by atoms with van der Waals surface area (Å²) >= 11 is 0. The van der Waals surface area contributed by atoms with E-state index >= 15 is 0 Å². The molecule has 2 aromatic rings. The first-order valence-electron chi connectivity index (χ1n) is 13.0. The highest BCUT2D eigenvalue weighted by Gasteiger charge is 2.45. The molecule has 2 aromatic carbocycles. The van der Waals surface area contributed by atoms with Crippen molar-refractivity contribution in [2.45, 2.75) is 69.7 Å². The summed E-state index contributed by atoms with van der Waals surface area (Å²) in [6.45, 7) is 6.58. The van der Waals surface area contributed by atoms with Crippen molar-refractivity contribution in [3.63, 3.8) is 0 Å². The Balaban J connectivity index is 1.71. The average molecular weight is 547 g/mol. The first kappa shape index (κ1) is 29.6. The van der Waals surface area contributed by atoms with Gasteiger partial charge in [0.15, 0.2) is 0 Å². The summed E-state index contributed by atoms with van der Waals surface area (Å²) in [7, 11) is -2.83. The van der Waals surface area contributed by atoms with E-state index in [1.807, 2.05) is 44.2 Å². The number of sulfonamides is 1. The second kappa shape index (κ2) is 13.7. The monoisotopic (exact) mass is 546 g/mol. The fourth-order valence-corrected chi connectivity index (χ4v) is 5.95. The molecule has 0 unspecified atom stereocenters. The van der Waals surface area contributed by atoms with Crippen LogP contribution in [-0.4, -0.2) is 63.0 Å². The van der Waals surface area contributed by atoms with Crippen LogP contribution in [-0.2, 0) is 35.7 Å². The van der Waals surface area contributed by atoms with Crippen molar-refractivity contribution in [2.75, 3.05) is 20.3 Å². The SMILES string of the molecule is CCCCOc1ccc(S(=O)(=O)N2C[C@@H](NC(=O)[C@@H](OCc3ccccc3)C(C)C)C[C@@H]2C(=O)OC)cc1. The van der Waals surface area contributed by atoms with Gasteiger partial charge in [0.05, 0.1) is 25.2 Å². The van der Waals surface area contributed by atoms with Crippen LogP contribution in [0.15, 0.2) is 59.5 Å². The van der Waals surface area contributed by atoms with Crippen molar-refractivity contribution in [3.05, 3.63) is 60.2 Å². The van der Waals surface area contributed by atoms with Gasteiger partial charge in [-0.2, -0.15) is 4.31 Å². The van der Waals surface area contributed by atoms with Crippen LogP contribution in [0.1, 0.15) is 45.6 Å². The molecule has 0 aliphatic carbocycles. The maximum Gasteiger partial charge on any atom is 0.324 e. The standard InChI is InChI=1S/C28H38N2O7S/c1-5-6-16-36-23-12-14-24(15-13-23)38(33,34)30-18-22(17-25(30)28(32)35-4)29-27(31)26(20(2)3)37-19-21-10-8-7-9-11-21/h7-15,20,22,25-26H,5-6,16-19H2,1-4H3,(H,29,31)/t22-,25+,26-/m0/s1. The third kappa shape index (κ3) is 7.55. The number of nitrogens with one attached hydrogen (secondary N) is 1. The van der Waals surface area contributed by atoms with Crippen molar-refractivity contribution >= 4 is 21.9 Å². The quantitative estimate of drug-likeness (QED) is 0.302. The number of unbranched alkanes of at least 4 members (excludes halogenated alkanes) is 1. The highest BCUT2D eigenvalue weighted by molar-refractivity contribution is 7.89. The van der Waals surface area contributed by atoms with Gasteiger partial charge >= 0.3 is 5.97 Å². The molecule has 0 aromatic heterocycles. The molecule has 3 rings (SSSR count). The third-order valence-electron chi connectivity index (χ3n) is 6.41. The van der Waals surface area contributed by atoms with Crippen LogP contribution in [0.25, 0.3) is 0 Å². The Kier molecular flexibility index (Phi) is 10.7. The molecule has 0 radical (unpaired) electrons. The molecule has 208 valence electrons. The second-order valence-corrected chi connectivity index (χ2v) is 11.6. The number of hydrogen-bond acceptors (Lipinski definition) is 7. The first-order valence-corrected chi connectivity index (χ1v) is 14.4. The maximum atomic E-state index is 13.5. The van der Waals surface area contributed by atoms with Gasteiger partial charge in [-0.25, -0.2) is 8.42 Å². The van der Waals surface area contributed by atoms with Crippen molar-refractivity contribution in [1.82, 2.24) is 9.62 Å². The van der Waals surface area contributed by atoms with Gasteiger partial charge in [0, 0.05) is 12.6 Å². The lowest BCUT2D eigenvalue weighted by atomic mass is 10.1. The number of amides is 1. The van der Waals surface area contributed by atoms with Gasteiger partial charge in [-0.1, -0.05) is 57.5 Å². The molecule has 38 heavy (non-hydrogen) atoms. The third-order valence-corrected chi connectivity index (χ3v) is 8.30. The number of rotatable bonds is 13. The first-order chi connectivity index (χ1) is 18.2. The number of benzene rings is 2. The number of nitrogens with zero attached hydrogens (tertiary/aromatic N) is 1. The second-order valence-electron chi connectivity index (χ2n) is 9.69. The fraction of sp³-hybridized carbons (Fsp3) is 0.500. The molecule has 1 N–H and O–H groups in total. The molecule has 1 amide bonds. The zero-order valence-corrected chi connectivity index (χ0v) is 23.3. The number of methoxy groups -OCH3 is 1. The molecule has 10 heteroatoms. The Morgan fingerprint density at radius 3 is 2.37 bits per heavy atom. The van der Waals surface area contributed by atoms with Gasteiger partial charge in [-0.05, 0) is 48.6 Å². The molecule has 1 saturated heterocycles. The summed E-state index contributed by atoms with van der Waals surface area (Å²) in [6.07, 6.45) is 1.25. The lowest BCUT2D eigenvalue weighted by Crippen LogP contribution is -2.46. The minimum atomic E-state index is -4.04. The molecule has 0 saturated carbocycles. The maximum absolute atomic E-state index is 13.5. The number of ether oxygens (including phenoxy) is 3. The van der Waals surface area contributed by atoms with E-state index in [-0.39, 0.29) is 36.3 Å². The van der Waals surface area contributed by atoms with Crippen molar-refractivity contribution in [3.8, 4) is 5.75 Å². The molecule has 1 aliphatic rings. The van der Waals surface area contributed by atoms with Gasteiger partial charge in [-0.15, -0.1) is 0 Å². The van der Waals surface area contributed by atoms with E-state index in [4.69, 9.17) is 14.2 Å². The molecule has 0 spiro atoms. The van der Waals surface area contributed by atoms with Gasteiger partial charge in [0.1, 0.15) is 17.9 Å². The Labute approximate surface area is 225 Å². The molecular formula is C28H38N2O7S. The molecule has 3 atom stereocenters. The van der Waals surface area contributed by atoms with E-state index in [1.165, 1.54) is 19.2 Å². The van der Waals surface area contributed by atoms with Gasteiger partial charge in [-0.3, -0.25) is 9.59 Å². The lowest BCUT2D eigenvalue weighted by molar-refractivity contribution is -0.144. The van der Waals surface area contributed by atoms with Crippen LogP contribution < -0.4 is 10.1 Å². The molecule has 1 heterocycles. The van der Waals surface area contributed by atoms with Crippen LogP contribution in [0.3, 0.4) is 0 Å². The predicted octanol–water partition coefficient (Wildman–Crippen LogP) is 3.53. The fourth-order valence-electron chi connectivity index (χ4n) is 4.32. The van der Waals surface area contributed by atoms with Crippen LogP contribution in [0, 0.1) is 5.92 Å². The topological polar surface area (TPSA) is 111 Å². The largest absolute Gasteiger partial charge is 0.494 e. The summed E-state index contributed by atoms with van der Waals surface area (Å²) in [4.78, 5) is 25.7. The summed E-state index contributed by atoms with van der Waals surface area (Å²) < 4.78 is 44.6. The average Bonchev–Trinajstić information content (AvgIpc) is 3.34. The minimum Gasteiger partial charge on any atom is -0.494 e. The Morgan fingerprint density at radius 2 is 1.76 bits per heavy atom. The normalized spacial score (nSPS) is 18.8. The van der Waals surface area contributed by atoms with Crippen LogP contribution in [0.5, 0.6) is 5.75 Å². The smallest absolute Gasteiger partial charge is 0.324 e. The number of carbonyl (C=O) groups is 2. The van der Waals surface area contributed by atoms with E-state index in [9.17, 15) is 18.0 Å². The highest BCUT2D eigenvalue weighted by Crippen LogP contribution is 2.28. The predicted molar refractivity (Wildman–Crippen MR) is 143 cm³/mol. The highest BCUT2D eigenvalue weighted by atomic mass is 32.2. The summed E-state index contributed by atoms with van der Waals surface area (Å²) in [5.74, 6) is -0.568. The van der Waals surface area contributed by atoms with E-state index < -0.39 is 34.2 Å². The van der Waals surface area contributed by atoms with Gasteiger partial charge in [0.25, 0.3) is 0 Å². The van der Waals surface area contributed by atoms with Gasteiger partial charge in [0.2, 0.25) is 15.9 Å². The lowest BCUT2D eigenvalue weighted by Gasteiger charge is -2.23. The Bertz CT molecular complexity index is 1150. The number of esters is 1. The van der Waals surface area contributed by atoms with E-state index in [2.05, 4.69) is 12.2 Å². The van der Waals surface area contributed by atoms with E-state index in [0.717, 1.165) is 22.7 Å². The molecule has 1 aliphatic heterocycles. The van der Waals surface area contributed by atoms with Crippen molar-refractivity contribution in [1.29, 1.82) is 0 Å². The number of hydrogen-bond donors (Lipinski definition) is 1. The Hall–Kier alpha value is -2.95. The van der Waals surface area contributed by atoms with Gasteiger partial charge < -0.3 is 19.5 Å². The summed E-state index contributed by atoms with van der Waals surface area (Å²) in [5, 5.41) is 2.90. The molecule has 9 nitrogen and oxygen atoms in total.